The van der Waals surface area contributed by atoms with Gasteiger partial charge in [0.25, 0.3) is 0 Å². The first-order valence-corrected chi connectivity index (χ1v) is 19.2. The van der Waals surface area contributed by atoms with Gasteiger partial charge in [-0.3, -0.25) is 0 Å². The summed E-state index contributed by atoms with van der Waals surface area (Å²) in [6.45, 7) is 0. The highest BCUT2D eigenvalue weighted by atomic mass is 16.5. The highest BCUT2D eigenvalue weighted by Crippen LogP contribution is 2.62. The van der Waals surface area contributed by atoms with E-state index in [0.29, 0.717) is 0 Å². The standard InChI is InChI=1S/C53H33NO2/c1-2-15-38(16-3-1)54(48-23-12-20-43-42-19-8-11-24-49(42)56-52(43)48)39-28-25-34(26-29-39)37-27-30-50-46(32-37)53(47-31-35-13-4-5-14-36(35)33-51(47)55-50)44-21-9-6-17-40(44)41-18-7-10-22-45(41)53/h1-33H. The lowest BCUT2D eigenvalue weighted by Crippen LogP contribution is -2.32. The number of hydrogen-bond acceptors (Lipinski definition) is 3. The van der Waals surface area contributed by atoms with E-state index in [9.17, 15) is 0 Å². The average Bonchev–Trinajstić information content (AvgIpc) is 3.79. The van der Waals surface area contributed by atoms with E-state index in [1.165, 1.54) is 38.6 Å². The molecular weight excluding hydrogens is 683 g/mol. The summed E-state index contributed by atoms with van der Waals surface area (Å²) in [5, 5.41) is 4.59. The van der Waals surface area contributed by atoms with E-state index in [4.69, 9.17) is 9.15 Å². The van der Waals surface area contributed by atoms with Gasteiger partial charge in [-0.05, 0) is 105 Å². The van der Waals surface area contributed by atoms with E-state index in [2.05, 4.69) is 193 Å². The number of para-hydroxylation sites is 3. The lowest BCUT2D eigenvalue weighted by Gasteiger charge is -2.40. The Labute approximate surface area is 324 Å². The second-order valence-electron chi connectivity index (χ2n) is 14.8. The van der Waals surface area contributed by atoms with E-state index in [0.717, 1.165) is 67.2 Å². The van der Waals surface area contributed by atoms with Crippen LogP contribution >= 0.6 is 0 Å². The first kappa shape index (κ1) is 31.0. The Morgan fingerprint density at radius 2 is 1.00 bits per heavy atom. The summed E-state index contributed by atoms with van der Waals surface area (Å²) in [4.78, 5) is 2.29. The van der Waals surface area contributed by atoms with Crippen molar-refractivity contribution in [3.05, 3.63) is 222 Å². The highest BCUT2D eigenvalue weighted by Gasteiger charge is 2.51. The van der Waals surface area contributed by atoms with Crippen molar-refractivity contribution < 1.29 is 9.15 Å². The molecule has 1 aliphatic heterocycles. The minimum absolute atomic E-state index is 0.550. The Hall–Kier alpha value is -7.36. The Kier molecular flexibility index (Phi) is 6.55. The molecule has 1 aromatic heterocycles. The number of ether oxygens (including phenoxy) is 1. The monoisotopic (exact) mass is 715 g/mol. The summed E-state index contributed by atoms with van der Waals surface area (Å²) >= 11 is 0. The molecule has 0 radical (unpaired) electrons. The van der Waals surface area contributed by atoms with Crippen LogP contribution in [-0.2, 0) is 5.41 Å². The van der Waals surface area contributed by atoms with Gasteiger partial charge in [0, 0.05) is 33.3 Å². The first-order chi connectivity index (χ1) is 27.8. The van der Waals surface area contributed by atoms with Crippen molar-refractivity contribution >= 4 is 49.8 Å². The molecule has 0 N–H and O–H groups in total. The molecule has 0 saturated carbocycles. The summed E-state index contributed by atoms with van der Waals surface area (Å²) in [5.41, 5.74) is 14.0. The second kappa shape index (κ2) is 11.8. The number of nitrogens with zero attached hydrogens (tertiary/aromatic N) is 1. The predicted molar refractivity (Wildman–Crippen MR) is 229 cm³/mol. The fourth-order valence-electron chi connectivity index (χ4n) is 9.48. The van der Waals surface area contributed by atoms with Crippen LogP contribution in [0.3, 0.4) is 0 Å². The van der Waals surface area contributed by atoms with Crippen molar-refractivity contribution in [1.29, 1.82) is 0 Å². The van der Waals surface area contributed by atoms with Gasteiger partial charge in [0.15, 0.2) is 5.58 Å². The van der Waals surface area contributed by atoms with Crippen LogP contribution in [-0.4, -0.2) is 0 Å². The summed E-state index contributed by atoms with van der Waals surface area (Å²) in [5.74, 6) is 1.79. The molecule has 0 unspecified atom stereocenters. The molecule has 2 aliphatic rings. The predicted octanol–water partition coefficient (Wildman–Crippen LogP) is 14.3. The maximum atomic E-state index is 6.88. The number of fused-ring (bicyclic) bond motifs is 13. The molecule has 2 heterocycles. The van der Waals surface area contributed by atoms with Crippen LogP contribution in [0.4, 0.5) is 17.1 Å². The van der Waals surface area contributed by atoms with E-state index < -0.39 is 5.41 Å². The number of rotatable bonds is 4. The Bertz CT molecular complexity index is 3130. The van der Waals surface area contributed by atoms with Crippen LogP contribution < -0.4 is 9.64 Å². The third-order valence-electron chi connectivity index (χ3n) is 11.9. The van der Waals surface area contributed by atoms with Crippen LogP contribution in [0.1, 0.15) is 22.3 Å². The van der Waals surface area contributed by atoms with E-state index >= 15 is 0 Å². The zero-order valence-electron chi connectivity index (χ0n) is 30.3. The maximum absolute atomic E-state index is 6.88. The molecule has 10 aromatic rings. The van der Waals surface area contributed by atoms with Gasteiger partial charge in [0.05, 0.1) is 11.1 Å². The van der Waals surface area contributed by atoms with E-state index in [1.807, 2.05) is 12.1 Å². The molecule has 1 aliphatic carbocycles. The van der Waals surface area contributed by atoms with Gasteiger partial charge in [0.2, 0.25) is 0 Å². The minimum Gasteiger partial charge on any atom is -0.457 e. The third-order valence-corrected chi connectivity index (χ3v) is 11.9. The SMILES string of the molecule is c1ccc(N(c2ccc(-c3ccc4c(c3)C3(c5cc6ccccc6cc5O4)c4ccccc4-c4ccccc43)cc2)c2cccc3c2oc2ccccc23)cc1. The summed E-state index contributed by atoms with van der Waals surface area (Å²) < 4.78 is 13.4. The van der Waals surface area contributed by atoms with Gasteiger partial charge >= 0.3 is 0 Å². The summed E-state index contributed by atoms with van der Waals surface area (Å²) in [6, 6.07) is 71.8. The second-order valence-corrected chi connectivity index (χ2v) is 14.8. The highest BCUT2D eigenvalue weighted by molar-refractivity contribution is 6.10. The van der Waals surface area contributed by atoms with Gasteiger partial charge in [-0.15, -0.1) is 0 Å². The Balaban J connectivity index is 1.03. The van der Waals surface area contributed by atoms with Crippen LogP contribution in [0.5, 0.6) is 11.5 Å². The van der Waals surface area contributed by atoms with Crippen molar-refractivity contribution in [2.75, 3.05) is 4.90 Å². The Morgan fingerprint density at radius 3 is 1.79 bits per heavy atom. The molecular formula is C53H33NO2. The van der Waals surface area contributed by atoms with Crippen LogP contribution in [0.15, 0.2) is 205 Å². The zero-order valence-corrected chi connectivity index (χ0v) is 30.3. The largest absolute Gasteiger partial charge is 0.457 e. The molecule has 3 heteroatoms. The zero-order chi connectivity index (χ0) is 36.8. The molecule has 0 fully saturated rings. The van der Waals surface area contributed by atoms with Gasteiger partial charge in [-0.25, -0.2) is 0 Å². The van der Waals surface area contributed by atoms with Crippen molar-refractivity contribution in [3.63, 3.8) is 0 Å². The number of hydrogen-bond donors (Lipinski definition) is 0. The minimum atomic E-state index is -0.550. The number of benzene rings is 9. The van der Waals surface area contributed by atoms with Gasteiger partial charge in [0.1, 0.15) is 17.1 Å². The molecule has 0 bridgehead atoms. The fourth-order valence-corrected chi connectivity index (χ4v) is 9.48. The van der Waals surface area contributed by atoms with Gasteiger partial charge in [-0.1, -0.05) is 140 Å². The quantitative estimate of drug-likeness (QED) is 0.181. The van der Waals surface area contributed by atoms with Crippen molar-refractivity contribution in [1.82, 2.24) is 0 Å². The third kappa shape index (κ3) is 4.34. The molecule has 262 valence electrons. The normalized spacial score (nSPS) is 13.3. The van der Waals surface area contributed by atoms with Gasteiger partial charge in [-0.2, -0.15) is 0 Å². The lowest BCUT2D eigenvalue weighted by atomic mass is 9.65. The molecule has 0 saturated heterocycles. The van der Waals surface area contributed by atoms with Crippen molar-refractivity contribution in [2.45, 2.75) is 5.41 Å². The van der Waals surface area contributed by atoms with Crippen LogP contribution in [0.25, 0.3) is 55.0 Å². The molecule has 56 heavy (non-hydrogen) atoms. The van der Waals surface area contributed by atoms with E-state index in [1.54, 1.807) is 0 Å². The van der Waals surface area contributed by atoms with Crippen molar-refractivity contribution in [3.8, 4) is 33.8 Å². The molecule has 1 spiro atoms. The molecule has 3 nitrogen and oxygen atoms in total. The summed E-state index contributed by atoms with van der Waals surface area (Å²) in [6.07, 6.45) is 0. The average molecular weight is 716 g/mol. The smallest absolute Gasteiger partial charge is 0.159 e. The van der Waals surface area contributed by atoms with Crippen molar-refractivity contribution in [2.24, 2.45) is 0 Å². The lowest BCUT2D eigenvalue weighted by molar-refractivity contribution is 0.437. The molecule has 9 aromatic carbocycles. The van der Waals surface area contributed by atoms with Crippen LogP contribution in [0.2, 0.25) is 0 Å². The van der Waals surface area contributed by atoms with Gasteiger partial charge < -0.3 is 14.1 Å². The maximum Gasteiger partial charge on any atom is 0.159 e. The molecule has 0 amide bonds. The number of anilines is 3. The topological polar surface area (TPSA) is 25.6 Å². The van der Waals surface area contributed by atoms with Crippen LogP contribution in [0, 0.1) is 0 Å². The first-order valence-electron chi connectivity index (χ1n) is 19.2. The van der Waals surface area contributed by atoms with E-state index in [-0.39, 0.29) is 0 Å². The molecule has 0 atom stereocenters. The Morgan fingerprint density at radius 1 is 0.393 bits per heavy atom. The number of furan rings is 1. The summed E-state index contributed by atoms with van der Waals surface area (Å²) in [7, 11) is 0. The fraction of sp³-hybridized carbons (Fsp3) is 0.0189. The molecule has 12 rings (SSSR count).